The first-order valence-electron chi connectivity index (χ1n) is 7.33. The standard InChI is InChI=1S/C15H20ClN3S2/c1-3-12-13(8-17-10-4-5-10)21-15(18-12)19(2)9-11-6-7-14(16)20-11/h6-7,10,17H,3-5,8-9H2,1-2H3. The Kier molecular flexibility index (Phi) is 4.84. The Hall–Kier alpha value is -0.620. The number of rotatable bonds is 7. The Labute approximate surface area is 139 Å². The molecular weight excluding hydrogens is 322 g/mol. The van der Waals surface area contributed by atoms with E-state index < -0.39 is 0 Å². The first-order valence-corrected chi connectivity index (χ1v) is 9.34. The Morgan fingerprint density at radius 3 is 2.81 bits per heavy atom. The Morgan fingerprint density at radius 1 is 1.38 bits per heavy atom. The predicted octanol–water partition coefficient (Wildman–Crippen LogP) is 4.31. The van der Waals surface area contributed by atoms with Gasteiger partial charge >= 0.3 is 0 Å². The largest absolute Gasteiger partial charge is 0.346 e. The van der Waals surface area contributed by atoms with E-state index in [4.69, 9.17) is 16.6 Å². The second-order valence-corrected chi connectivity index (χ2v) is 8.30. The van der Waals surface area contributed by atoms with Gasteiger partial charge in [0.05, 0.1) is 16.6 Å². The van der Waals surface area contributed by atoms with Gasteiger partial charge in [-0.25, -0.2) is 4.98 Å². The molecule has 0 amide bonds. The Bertz CT molecular complexity index is 604. The van der Waals surface area contributed by atoms with Crippen LogP contribution in [0, 0.1) is 0 Å². The summed E-state index contributed by atoms with van der Waals surface area (Å²) in [5.41, 5.74) is 1.24. The van der Waals surface area contributed by atoms with E-state index in [0.717, 1.165) is 35.0 Å². The molecule has 0 atom stereocenters. The van der Waals surface area contributed by atoms with E-state index in [1.54, 1.807) is 11.3 Å². The summed E-state index contributed by atoms with van der Waals surface area (Å²) in [5.74, 6) is 0. The van der Waals surface area contributed by atoms with Crippen LogP contribution in [0.5, 0.6) is 0 Å². The predicted molar refractivity (Wildman–Crippen MR) is 92.8 cm³/mol. The first kappa shape index (κ1) is 15.3. The molecule has 114 valence electrons. The van der Waals surface area contributed by atoms with Crippen LogP contribution >= 0.6 is 34.3 Å². The number of aromatic nitrogens is 1. The fourth-order valence-corrected chi connectivity index (χ4v) is 4.41. The number of nitrogens with zero attached hydrogens (tertiary/aromatic N) is 2. The molecule has 0 aliphatic heterocycles. The molecule has 1 aliphatic rings. The van der Waals surface area contributed by atoms with Crippen LogP contribution in [0.4, 0.5) is 5.13 Å². The molecule has 3 rings (SSSR count). The highest BCUT2D eigenvalue weighted by Crippen LogP contribution is 2.30. The Morgan fingerprint density at radius 2 is 2.19 bits per heavy atom. The molecule has 0 unspecified atom stereocenters. The molecule has 0 spiro atoms. The van der Waals surface area contributed by atoms with Crippen molar-refractivity contribution >= 4 is 39.4 Å². The lowest BCUT2D eigenvalue weighted by atomic mass is 10.3. The third kappa shape index (κ3) is 3.97. The zero-order chi connectivity index (χ0) is 14.8. The molecular formula is C15H20ClN3S2. The van der Waals surface area contributed by atoms with Crippen LogP contribution < -0.4 is 10.2 Å². The summed E-state index contributed by atoms with van der Waals surface area (Å²) in [7, 11) is 2.10. The van der Waals surface area contributed by atoms with Crippen LogP contribution in [0.2, 0.25) is 4.34 Å². The molecule has 1 fully saturated rings. The number of hydrogen-bond donors (Lipinski definition) is 1. The van der Waals surface area contributed by atoms with Gasteiger partial charge in [-0.15, -0.1) is 22.7 Å². The van der Waals surface area contributed by atoms with Gasteiger partial charge in [0.15, 0.2) is 5.13 Å². The highest BCUT2D eigenvalue weighted by molar-refractivity contribution is 7.16. The smallest absolute Gasteiger partial charge is 0.185 e. The zero-order valence-electron chi connectivity index (χ0n) is 12.4. The van der Waals surface area contributed by atoms with Crippen molar-refractivity contribution < 1.29 is 0 Å². The van der Waals surface area contributed by atoms with E-state index in [-0.39, 0.29) is 0 Å². The van der Waals surface area contributed by atoms with Gasteiger partial charge in [0, 0.05) is 29.4 Å². The second-order valence-electron chi connectivity index (χ2n) is 5.44. The van der Waals surface area contributed by atoms with Crippen molar-refractivity contribution in [3.05, 3.63) is 31.9 Å². The molecule has 0 saturated heterocycles. The fraction of sp³-hybridized carbons (Fsp3) is 0.533. The van der Waals surface area contributed by atoms with Crippen molar-refractivity contribution in [1.29, 1.82) is 0 Å². The summed E-state index contributed by atoms with van der Waals surface area (Å²) in [6.45, 7) is 4.01. The minimum Gasteiger partial charge on any atom is -0.346 e. The van der Waals surface area contributed by atoms with E-state index in [1.807, 2.05) is 17.4 Å². The van der Waals surface area contributed by atoms with Crippen LogP contribution in [-0.4, -0.2) is 18.1 Å². The molecule has 1 N–H and O–H groups in total. The average molecular weight is 342 g/mol. The highest BCUT2D eigenvalue weighted by Gasteiger charge is 2.21. The number of halogens is 1. The van der Waals surface area contributed by atoms with Crippen molar-refractivity contribution in [2.24, 2.45) is 0 Å². The third-order valence-corrected chi connectivity index (χ3v) is 6.01. The van der Waals surface area contributed by atoms with E-state index in [2.05, 4.69) is 30.3 Å². The van der Waals surface area contributed by atoms with Crippen molar-refractivity contribution in [3.63, 3.8) is 0 Å². The molecule has 0 radical (unpaired) electrons. The molecule has 2 aromatic heterocycles. The lowest BCUT2D eigenvalue weighted by Gasteiger charge is -2.14. The summed E-state index contributed by atoms with van der Waals surface area (Å²) in [4.78, 5) is 9.68. The van der Waals surface area contributed by atoms with Gasteiger partial charge in [-0.05, 0) is 31.4 Å². The third-order valence-electron chi connectivity index (χ3n) is 3.58. The minimum absolute atomic E-state index is 0.742. The van der Waals surface area contributed by atoms with E-state index in [9.17, 15) is 0 Å². The van der Waals surface area contributed by atoms with Gasteiger partial charge in [-0.3, -0.25) is 0 Å². The van der Waals surface area contributed by atoms with Gasteiger partial charge in [0.25, 0.3) is 0 Å². The lowest BCUT2D eigenvalue weighted by molar-refractivity contribution is 0.689. The van der Waals surface area contributed by atoms with E-state index in [0.29, 0.717) is 0 Å². The van der Waals surface area contributed by atoms with E-state index in [1.165, 1.54) is 28.3 Å². The van der Waals surface area contributed by atoms with Crippen molar-refractivity contribution in [2.45, 2.75) is 45.3 Å². The van der Waals surface area contributed by atoms with Gasteiger partial charge in [0.2, 0.25) is 0 Å². The number of nitrogens with one attached hydrogen (secondary N) is 1. The zero-order valence-corrected chi connectivity index (χ0v) is 14.7. The van der Waals surface area contributed by atoms with Crippen LogP contribution in [0.25, 0.3) is 0 Å². The summed E-state index contributed by atoms with van der Waals surface area (Å²) < 4.78 is 0.848. The molecule has 3 nitrogen and oxygen atoms in total. The van der Waals surface area contributed by atoms with Crippen molar-refractivity contribution in [1.82, 2.24) is 10.3 Å². The Balaban J connectivity index is 1.68. The molecule has 1 aliphatic carbocycles. The summed E-state index contributed by atoms with van der Waals surface area (Å²) in [6, 6.07) is 4.79. The molecule has 2 aromatic rings. The van der Waals surface area contributed by atoms with Crippen molar-refractivity contribution in [3.8, 4) is 0 Å². The summed E-state index contributed by atoms with van der Waals surface area (Å²) in [5, 5.41) is 4.69. The minimum atomic E-state index is 0.742. The van der Waals surface area contributed by atoms with Gasteiger partial charge in [-0.1, -0.05) is 18.5 Å². The molecule has 0 bridgehead atoms. The fourth-order valence-electron chi connectivity index (χ4n) is 2.21. The van der Waals surface area contributed by atoms with Gasteiger partial charge < -0.3 is 10.2 Å². The summed E-state index contributed by atoms with van der Waals surface area (Å²) >= 11 is 9.45. The number of thiophene rings is 1. The maximum atomic E-state index is 6.00. The van der Waals surface area contributed by atoms with Crippen LogP contribution in [0.15, 0.2) is 12.1 Å². The number of hydrogen-bond acceptors (Lipinski definition) is 5. The maximum Gasteiger partial charge on any atom is 0.185 e. The molecule has 1 saturated carbocycles. The normalized spacial score (nSPS) is 14.6. The van der Waals surface area contributed by atoms with E-state index >= 15 is 0 Å². The monoisotopic (exact) mass is 341 g/mol. The van der Waals surface area contributed by atoms with Gasteiger partial charge in [0.1, 0.15) is 0 Å². The molecule has 6 heteroatoms. The number of anilines is 1. The van der Waals surface area contributed by atoms with Crippen molar-refractivity contribution in [2.75, 3.05) is 11.9 Å². The molecule has 21 heavy (non-hydrogen) atoms. The SMILES string of the molecule is CCc1nc(N(C)Cc2ccc(Cl)s2)sc1CNC1CC1. The topological polar surface area (TPSA) is 28.2 Å². The first-order chi connectivity index (χ1) is 10.2. The average Bonchev–Trinajstić information content (AvgIpc) is 3.06. The van der Waals surface area contributed by atoms with Gasteiger partial charge in [-0.2, -0.15) is 0 Å². The number of thiazole rings is 1. The molecule has 2 heterocycles. The quantitative estimate of drug-likeness (QED) is 0.813. The number of aryl methyl sites for hydroxylation is 1. The lowest BCUT2D eigenvalue weighted by Crippen LogP contribution is -2.15. The second kappa shape index (κ2) is 6.65. The van der Waals surface area contributed by atoms with Crippen LogP contribution in [-0.2, 0) is 19.5 Å². The summed E-state index contributed by atoms with van der Waals surface area (Å²) in [6.07, 6.45) is 3.65. The molecule has 0 aromatic carbocycles. The highest BCUT2D eigenvalue weighted by atomic mass is 35.5. The van der Waals surface area contributed by atoms with Crippen LogP contribution in [0.3, 0.4) is 0 Å². The van der Waals surface area contributed by atoms with Crippen LogP contribution in [0.1, 0.15) is 35.2 Å². The maximum absolute atomic E-state index is 6.00.